The normalized spacial score (nSPS) is 11.6. The second-order valence-corrected chi connectivity index (χ2v) is 6.99. The lowest BCUT2D eigenvalue weighted by molar-refractivity contribution is -0.137. The van der Waals surface area contributed by atoms with Gasteiger partial charge in [-0.1, -0.05) is 29.8 Å². The zero-order chi connectivity index (χ0) is 22.5. The predicted molar refractivity (Wildman–Crippen MR) is 110 cm³/mol. The summed E-state index contributed by atoms with van der Waals surface area (Å²) in [5.41, 5.74) is 0.808. The fraction of sp³-hybridized carbons (Fsp3) is 0.136. The van der Waals surface area contributed by atoms with Crippen LogP contribution in [0.2, 0.25) is 5.02 Å². The number of hydrogen-bond donors (Lipinski definition) is 2. The van der Waals surface area contributed by atoms with Crippen LogP contribution in [0.5, 0.6) is 5.88 Å². The molecule has 1 heterocycles. The topological polar surface area (TPSA) is 88.5 Å². The Kier molecular flexibility index (Phi) is 6.81. The molecule has 0 aliphatic carbocycles. The number of hydrogen-bond acceptors (Lipinski definition) is 4. The number of benzene rings is 2. The Labute approximate surface area is 181 Å². The lowest BCUT2D eigenvalue weighted by Gasteiger charge is -2.19. The third-order valence-corrected chi connectivity index (χ3v) is 4.79. The number of carboxylic acids is 1. The first-order valence-corrected chi connectivity index (χ1v) is 9.44. The van der Waals surface area contributed by atoms with Crippen molar-refractivity contribution in [3.05, 3.63) is 82.5 Å². The number of pyridine rings is 1. The van der Waals surface area contributed by atoms with Gasteiger partial charge in [-0.3, -0.25) is 9.59 Å². The molecular weight excluding hydrogens is 430 g/mol. The van der Waals surface area contributed by atoms with Gasteiger partial charge in [-0.15, -0.1) is 0 Å². The molecule has 0 aliphatic rings. The third kappa shape index (κ3) is 5.35. The Hall–Kier alpha value is -3.52. The molecule has 3 aromatic rings. The van der Waals surface area contributed by atoms with Gasteiger partial charge in [-0.2, -0.15) is 0 Å². The average Bonchev–Trinajstić information content (AvgIpc) is 2.72. The van der Waals surface area contributed by atoms with Gasteiger partial charge in [0.05, 0.1) is 25.1 Å². The second-order valence-electron chi connectivity index (χ2n) is 6.58. The molecule has 1 atom stereocenters. The van der Waals surface area contributed by atoms with Crippen LogP contribution in [-0.2, 0) is 4.79 Å². The number of carbonyl (C=O) groups excluding carboxylic acids is 1. The zero-order valence-electron chi connectivity index (χ0n) is 16.2. The van der Waals surface area contributed by atoms with E-state index in [2.05, 4.69) is 10.3 Å². The van der Waals surface area contributed by atoms with Crippen LogP contribution in [0.4, 0.5) is 8.78 Å². The van der Waals surface area contributed by atoms with E-state index in [-0.39, 0.29) is 22.6 Å². The SMILES string of the molecule is COc1ncc(C(=O)N[C@@H](CC(=O)O)c2ccccc2Cl)cc1-c1cc(F)cc(F)c1. The van der Waals surface area contributed by atoms with Crippen molar-refractivity contribution in [2.45, 2.75) is 12.5 Å². The number of halogens is 3. The van der Waals surface area contributed by atoms with Crippen molar-refractivity contribution in [1.29, 1.82) is 0 Å². The summed E-state index contributed by atoms with van der Waals surface area (Å²) >= 11 is 6.16. The van der Waals surface area contributed by atoms with E-state index in [0.717, 1.165) is 18.2 Å². The highest BCUT2D eigenvalue weighted by atomic mass is 35.5. The van der Waals surface area contributed by atoms with Crippen LogP contribution in [-0.4, -0.2) is 29.1 Å². The van der Waals surface area contributed by atoms with Crippen molar-refractivity contribution >= 4 is 23.5 Å². The maximum absolute atomic E-state index is 13.7. The number of aliphatic carboxylic acids is 1. The average molecular weight is 447 g/mol. The number of aromatic nitrogens is 1. The third-order valence-electron chi connectivity index (χ3n) is 4.44. The van der Waals surface area contributed by atoms with Gasteiger partial charge in [-0.25, -0.2) is 13.8 Å². The molecule has 1 aromatic heterocycles. The molecule has 1 amide bonds. The molecular formula is C22H17ClF2N2O4. The fourth-order valence-corrected chi connectivity index (χ4v) is 3.34. The standard InChI is InChI=1S/C22H17ClF2N2O4/c1-31-22-17(12-6-14(24)9-15(25)7-12)8-13(11-26-22)21(30)27-19(10-20(28)29)16-4-2-3-5-18(16)23/h2-9,11,19H,10H2,1H3,(H,27,30)(H,28,29)/t19-/m0/s1. The first-order chi connectivity index (χ1) is 14.8. The van der Waals surface area contributed by atoms with Gasteiger partial charge in [-0.05, 0) is 35.4 Å². The maximum atomic E-state index is 13.7. The number of nitrogens with one attached hydrogen (secondary N) is 1. The van der Waals surface area contributed by atoms with Crippen LogP contribution in [0.15, 0.2) is 54.7 Å². The van der Waals surface area contributed by atoms with Crippen LogP contribution in [0.1, 0.15) is 28.4 Å². The minimum Gasteiger partial charge on any atom is -0.481 e. The Morgan fingerprint density at radius 3 is 2.45 bits per heavy atom. The van der Waals surface area contributed by atoms with Gasteiger partial charge in [0.25, 0.3) is 5.91 Å². The molecule has 0 spiro atoms. The lowest BCUT2D eigenvalue weighted by atomic mass is 10.0. The minimum absolute atomic E-state index is 0.0444. The van der Waals surface area contributed by atoms with E-state index < -0.39 is 36.0 Å². The summed E-state index contributed by atoms with van der Waals surface area (Å²) in [6.07, 6.45) is 0.818. The van der Waals surface area contributed by atoms with Gasteiger partial charge < -0.3 is 15.2 Å². The van der Waals surface area contributed by atoms with E-state index >= 15 is 0 Å². The Bertz CT molecular complexity index is 1120. The summed E-state index contributed by atoms with van der Waals surface area (Å²) in [7, 11) is 1.33. The highest BCUT2D eigenvalue weighted by molar-refractivity contribution is 6.31. The summed E-state index contributed by atoms with van der Waals surface area (Å²) in [5.74, 6) is -3.30. The molecule has 0 fully saturated rings. The lowest BCUT2D eigenvalue weighted by Crippen LogP contribution is -2.30. The Balaban J connectivity index is 1.97. The van der Waals surface area contributed by atoms with E-state index in [4.69, 9.17) is 16.3 Å². The summed E-state index contributed by atoms with van der Waals surface area (Å²) in [6, 6.07) is 9.91. The number of methoxy groups -OCH3 is 1. The quantitative estimate of drug-likeness (QED) is 0.552. The van der Waals surface area contributed by atoms with Crippen molar-refractivity contribution in [3.8, 4) is 17.0 Å². The molecule has 0 radical (unpaired) electrons. The Morgan fingerprint density at radius 2 is 1.84 bits per heavy atom. The van der Waals surface area contributed by atoms with E-state index in [1.165, 1.54) is 19.4 Å². The van der Waals surface area contributed by atoms with E-state index in [1.807, 2.05) is 0 Å². The van der Waals surface area contributed by atoms with Crippen molar-refractivity contribution < 1.29 is 28.2 Å². The molecule has 0 saturated heterocycles. The molecule has 6 nitrogen and oxygen atoms in total. The molecule has 0 bridgehead atoms. The van der Waals surface area contributed by atoms with Gasteiger partial charge in [0.1, 0.15) is 11.6 Å². The number of amides is 1. The second kappa shape index (κ2) is 9.53. The molecule has 9 heteroatoms. The number of carbonyl (C=O) groups is 2. The highest BCUT2D eigenvalue weighted by Crippen LogP contribution is 2.31. The number of ether oxygens (including phenoxy) is 1. The van der Waals surface area contributed by atoms with Crippen molar-refractivity contribution in [2.75, 3.05) is 7.11 Å². The zero-order valence-corrected chi connectivity index (χ0v) is 17.0. The molecule has 2 aromatic carbocycles. The van der Waals surface area contributed by atoms with Gasteiger partial charge in [0, 0.05) is 22.8 Å². The van der Waals surface area contributed by atoms with Gasteiger partial charge >= 0.3 is 5.97 Å². The summed E-state index contributed by atoms with van der Waals surface area (Å²) < 4.78 is 32.5. The van der Waals surface area contributed by atoms with Crippen LogP contribution < -0.4 is 10.1 Å². The van der Waals surface area contributed by atoms with Crippen molar-refractivity contribution in [1.82, 2.24) is 10.3 Å². The van der Waals surface area contributed by atoms with Crippen LogP contribution in [0.3, 0.4) is 0 Å². The number of rotatable bonds is 7. The van der Waals surface area contributed by atoms with Gasteiger partial charge in [0.15, 0.2) is 0 Å². The van der Waals surface area contributed by atoms with Crippen LogP contribution >= 0.6 is 11.6 Å². The van der Waals surface area contributed by atoms with E-state index in [0.29, 0.717) is 10.6 Å². The predicted octanol–water partition coefficient (Wildman–Crippen LogP) is 4.63. The maximum Gasteiger partial charge on any atom is 0.305 e. The molecule has 160 valence electrons. The smallest absolute Gasteiger partial charge is 0.305 e. The van der Waals surface area contributed by atoms with Crippen molar-refractivity contribution in [2.24, 2.45) is 0 Å². The summed E-state index contributed by atoms with van der Waals surface area (Å²) in [6.45, 7) is 0. The highest BCUT2D eigenvalue weighted by Gasteiger charge is 2.22. The number of carboxylic acid groups (broad SMARTS) is 1. The Morgan fingerprint density at radius 1 is 1.16 bits per heavy atom. The number of nitrogens with zero attached hydrogens (tertiary/aromatic N) is 1. The molecule has 0 unspecified atom stereocenters. The monoisotopic (exact) mass is 446 g/mol. The first kappa shape index (κ1) is 22.2. The fourth-order valence-electron chi connectivity index (χ4n) is 3.07. The molecule has 31 heavy (non-hydrogen) atoms. The van der Waals surface area contributed by atoms with Crippen LogP contribution in [0, 0.1) is 11.6 Å². The minimum atomic E-state index is -1.13. The molecule has 0 aliphatic heterocycles. The van der Waals surface area contributed by atoms with Crippen LogP contribution in [0.25, 0.3) is 11.1 Å². The molecule has 2 N–H and O–H groups in total. The summed E-state index contributed by atoms with van der Waals surface area (Å²) in [5, 5.41) is 12.2. The first-order valence-electron chi connectivity index (χ1n) is 9.06. The van der Waals surface area contributed by atoms with E-state index in [9.17, 15) is 23.5 Å². The van der Waals surface area contributed by atoms with Crippen molar-refractivity contribution in [3.63, 3.8) is 0 Å². The molecule has 3 rings (SSSR count). The van der Waals surface area contributed by atoms with E-state index in [1.54, 1.807) is 24.3 Å². The van der Waals surface area contributed by atoms with Gasteiger partial charge in [0.2, 0.25) is 5.88 Å². The summed E-state index contributed by atoms with van der Waals surface area (Å²) in [4.78, 5) is 28.2. The largest absolute Gasteiger partial charge is 0.481 e. The molecule has 0 saturated carbocycles.